The third-order valence-electron chi connectivity index (χ3n) is 2.72. The molecular weight excluding hydrogens is 336 g/mol. The Bertz CT molecular complexity index is 892. The van der Waals surface area contributed by atoms with E-state index >= 15 is 0 Å². The molecule has 0 aliphatic heterocycles. The fourth-order valence-corrected chi connectivity index (χ4v) is 1.84. The zero-order valence-corrected chi connectivity index (χ0v) is 12.9. The second kappa shape index (κ2) is 7.44. The van der Waals surface area contributed by atoms with Crippen LogP contribution in [0.2, 0.25) is 0 Å². The lowest BCUT2D eigenvalue weighted by atomic mass is 10.2. The molecule has 0 saturated heterocycles. The summed E-state index contributed by atoms with van der Waals surface area (Å²) in [6.45, 7) is 0. The van der Waals surface area contributed by atoms with Gasteiger partial charge < -0.3 is 5.11 Å². The van der Waals surface area contributed by atoms with Gasteiger partial charge in [0, 0.05) is 5.56 Å². The van der Waals surface area contributed by atoms with Crippen LogP contribution in [0.5, 0.6) is 0 Å². The fourth-order valence-electron chi connectivity index (χ4n) is 1.65. The normalized spacial score (nSPS) is 11.9. The molecule has 0 atom stereocenters. The first-order valence-corrected chi connectivity index (χ1v) is 7.87. The Kier molecular flexibility index (Phi) is 5.35. The van der Waals surface area contributed by atoms with E-state index < -0.39 is 16.3 Å². The van der Waals surface area contributed by atoms with Crippen molar-refractivity contribution in [3.63, 3.8) is 0 Å². The number of nitrogens with one attached hydrogen (secondary N) is 1. The van der Waals surface area contributed by atoms with E-state index in [0.29, 0.717) is 11.3 Å². The summed E-state index contributed by atoms with van der Waals surface area (Å²) in [6, 6.07) is 12.4. The van der Waals surface area contributed by atoms with Crippen LogP contribution in [0.3, 0.4) is 0 Å². The molecule has 124 valence electrons. The molecular formula is C14H12N4O5S. The molecule has 9 nitrogen and oxygen atoms in total. The van der Waals surface area contributed by atoms with E-state index in [4.69, 9.17) is 9.66 Å². The van der Waals surface area contributed by atoms with Crippen molar-refractivity contribution in [3.05, 3.63) is 59.7 Å². The zero-order chi connectivity index (χ0) is 17.6. The highest BCUT2D eigenvalue weighted by Crippen LogP contribution is 2.18. The first-order chi connectivity index (χ1) is 11.3. The number of carboxylic acids is 1. The number of hydrazone groups is 1. The number of aromatic carboxylic acids is 1. The van der Waals surface area contributed by atoms with Crippen molar-refractivity contribution in [1.29, 1.82) is 0 Å². The minimum Gasteiger partial charge on any atom is -0.478 e. The van der Waals surface area contributed by atoms with Crippen LogP contribution in [0.25, 0.3) is 0 Å². The Morgan fingerprint density at radius 3 is 2.38 bits per heavy atom. The van der Waals surface area contributed by atoms with E-state index in [2.05, 4.69) is 20.2 Å². The van der Waals surface area contributed by atoms with Crippen LogP contribution in [0, 0.1) is 0 Å². The summed E-state index contributed by atoms with van der Waals surface area (Å²) < 4.78 is 32.6. The number of rotatable bonds is 6. The van der Waals surface area contributed by atoms with Crippen LogP contribution in [-0.4, -0.2) is 30.3 Å². The molecule has 2 aromatic carbocycles. The van der Waals surface area contributed by atoms with E-state index in [0.717, 1.165) is 0 Å². The van der Waals surface area contributed by atoms with Gasteiger partial charge >= 0.3 is 16.3 Å². The van der Waals surface area contributed by atoms with Crippen molar-refractivity contribution < 1.29 is 22.9 Å². The van der Waals surface area contributed by atoms with Gasteiger partial charge in [0.15, 0.2) is 0 Å². The van der Waals surface area contributed by atoms with Crippen LogP contribution >= 0.6 is 0 Å². The van der Waals surface area contributed by atoms with Crippen LogP contribution in [0.15, 0.2) is 63.3 Å². The van der Waals surface area contributed by atoms with Gasteiger partial charge in [0.2, 0.25) is 0 Å². The number of anilines is 1. The quantitative estimate of drug-likeness (QED) is 0.317. The lowest BCUT2D eigenvalue weighted by Gasteiger charge is -2.01. The molecule has 0 bridgehead atoms. The number of carboxylic acid groups (broad SMARTS) is 1. The molecule has 24 heavy (non-hydrogen) atoms. The predicted molar refractivity (Wildman–Crippen MR) is 87.1 cm³/mol. The molecule has 0 aliphatic carbocycles. The first kappa shape index (κ1) is 17.2. The zero-order valence-electron chi connectivity index (χ0n) is 12.1. The van der Waals surface area contributed by atoms with Crippen LogP contribution in [-0.2, 0) is 10.3 Å². The van der Waals surface area contributed by atoms with Crippen molar-refractivity contribution in [2.45, 2.75) is 0 Å². The summed E-state index contributed by atoms with van der Waals surface area (Å²) in [5.41, 5.74) is 4.07. The van der Waals surface area contributed by atoms with Crippen LogP contribution < -0.4 is 5.43 Å². The Morgan fingerprint density at radius 2 is 1.75 bits per heavy atom. The Hall–Kier alpha value is -3.11. The number of nitrogens with zero attached hydrogens (tertiary/aromatic N) is 3. The summed E-state index contributed by atoms with van der Waals surface area (Å²) in [6.07, 6.45) is 1.38. The van der Waals surface area contributed by atoms with Gasteiger partial charge in [-0.25, -0.2) is 4.79 Å². The minimum absolute atomic E-state index is 0.153. The highest BCUT2D eigenvalue weighted by atomic mass is 32.2. The maximum atomic E-state index is 10.8. The Labute approximate surface area is 137 Å². The summed E-state index contributed by atoms with van der Waals surface area (Å²) in [5, 5.41) is 16.2. The molecule has 0 saturated carbocycles. The fraction of sp³-hybridized carbons (Fsp3) is 0. The SMILES string of the molecule is O=C(O)c1ccc(N/N=C/c2ccccc2N=NS(=O)(=O)O)cc1. The van der Waals surface area contributed by atoms with E-state index in [-0.39, 0.29) is 11.3 Å². The average molecular weight is 348 g/mol. The molecule has 2 rings (SSSR count). The summed E-state index contributed by atoms with van der Waals surface area (Å²) in [7, 11) is -4.56. The van der Waals surface area contributed by atoms with Gasteiger partial charge in [-0.3, -0.25) is 9.98 Å². The van der Waals surface area contributed by atoms with E-state index in [1.807, 2.05) is 0 Å². The third-order valence-corrected chi connectivity index (χ3v) is 3.01. The lowest BCUT2D eigenvalue weighted by Crippen LogP contribution is -1.96. The van der Waals surface area contributed by atoms with Crippen molar-refractivity contribution in [2.24, 2.45) is 14.7 Å². The topological polar surface area (TPSA) is 141 Å². The maximum Gasteiger partial charge on any atom is 0.396 e. The molecule has 0 fully saturated rings. The van der Waals surface area contributed by atoms with Crippen molar-refractivity contribution in [2.75, 3.05) is 5.43 Å². The van der Waals surface area contributed by atoms with Gasteiger partial charge in [0.25, 0.3) is 0 Å². The highest BCUT2D eigenvalue weighted by Gasteiger charge is 2.03. The van der Waals surface area contributed by atoms with Gasteiger partial charge in [0.1, 0.15) is 0 Å². The molecule has 0 unspecified atom stereocenters. The van der Waals surface area contributed by atoms with E-state index in [1.54, 1.807) is 30.3 Å². The average Bonchev–Trinajstić information content (AvgIpc) is 2.53. The van der Waals surface area contributed by atoms with E-state index in [1.165, 1.54) is 24.4 Å². The number of hydrogen-bond donors (Lipinski definition) is 3. The molecule has 0 aliphatic rings. The van der Waals surface area contributed by atoms with Crippen LogP contribution in [0.4, 0.5) is 11.4 Å². The molecule has 3 N–H and O–H groups in total. The summed E-state index contributed by atoms with van der Waals surface area (Å²) >= 11 is 0. The minimum atomic E-state index is -4.56. The van der Waals surface area contributed by atoms with Crippen molar-refractivity contribution >= 4 is 33.9 Å². The van der Waals surface area contributed by atoms with Gasteiger partial charge in [-0.05, 0) is 34.9 Å². The number of hydrogen-bond acceptors (Lipinski definition) is 6. The van der Waals surface area contributed by atoms with Gasteiger partial charge in [-0.1, -0.05) is 18.2 Å². The molecule has 0 radical (unpaired) electrons. The molecule has 0 amide bonds. The molecule has 0 heterocycles. The number of benzene rings is 2. The molecule has 0 aromatic heterocycles. The van der Waals surface area contributed by atoms with Crippen LogP contribution in [0.1, 0.15) is 15.9 Å². The largest absolute Gasteiger partial charge is 0.478 e. The van der Waals surface area contributed by atoms with Gasteiger partial charge in [0.05, 0.1) is 23.2 Å². The van der Waals surface area contributed by atoms with E-state index in [9.17, 15) is 13.2 Å². The van der Waals surface area contributed by atoms with Gasteiger partial charge in [-0.15, -0.1) is 5.11 Å². The Morgan fingerprint density at radius 1 is 1.08 bits per heavy atom. The smallest absolute Gasteiger partial charge is 0.396 e. The second-order valence-electron chi connectivity index (χ2n) is 4.44. The second-order valence-corrected chi connectivity index (χ2v) is 5.50. The van der Waals surface area contributed by atoms with Gasteiger partial charge in [-0.2, -0.15) is 13.5 Å². The molecule has 0 spiro atoms. The van der Waals surface area contributed by atoms with Crippen molar-refractivity contribution in [1.82, 2.24) is 0 Å². The monoisotopic (exact) mass is 348 g/mol. The summed E-state index contributed by atoms with van der Waals surface area (Å²) in [4.78, 5) is 10.8. The van der Waals surface area contributed by atoms with Crippen molar-refractivity contribution in [3.8, 4) is 0 Å². The first-order valence-electron chi connectivity index (χ1n) is 6.47. The summed E-state index contributed by atoms with van der Waals surface area (Å²) in [5.74, 6) is -1.02. The maximum absolute atomic E-state index is 10.8. The third kappa shape index (κ3) is 5.26. The lowest BCUT2D eigenvalue weighted by molar-refractivity contribution is 0.0697. The standard InChI is InChI=1S/C14H12N4O5S/c19-14(20)10-5-7-12(8-6-10)16-15-9-11-3-1-2-4-13(11)17-18-24(21,22)23/h1-9,16H,(H,19,20)(H,21,22,23)/b15-9+,18-17?. The molecule has 10 heteroatoms. The number of carbonyl (C=O) groups is 1. The molecule has 2 aromatic rings. The predicted octanol–water partition coefficient (Wildman–Crippen LogP) is 2.72. The Balaban J connectivity index is 2.12. The highest BCUT2D eigenvalue weighted by molar-refractivity contribution is 7.84.